The minimum Gasteiger partial charge on any atom is -0.0882 e. The average molecular weight is 110 g/mol. The van der Waals surface area contributed by atoms with Crippen LogP contribution in [0.1, 0.15) is 26.7 Å². The SMILES string of the molecule is CC(C)[C@H]1C=CCC1. The molecule has 0 heteroatoms. The van der Waals surface area contributed by atoms with Crippen LogP contribution in [0, 0.1) is 11.8 Å². The van der Waals surface area contributed by atoms with Crippen LogP contribution in [-0.2, 0) is 0 Å². The molecule has 0 amide bonds. The molecule has 0 spiro atoms. The smallest absolute Gasteiger partial charge is 0.0207 e. The molecule has 0 bridgehead atoms. The summed E-state index contributed by atoms with van der Waals surface area (Å²) in [6.45, 7) is 4.58. The zero-order chi connectivity index (χ0) is 5.98. The van der Waals surface area contributed by atoms with Crippen molar-refractivity contribution < 1.29 is 0 Å². The zero-order valence-corrected chi connectivity index (χ0v) is 5.72. The fraction of sp³-hybridized carbons (Fsp3) is 0.750. The van der Waals surface area contributed by atoms with Crippen LogP contribution in [0.15, 0.2) is 12.2 Å². The van der Waals surface area contributed by atoms with E-state index in [4.69, 9.17) is 0 Å². The molecule has 0 fully saturated rings. The van der Waals surface area contributed by atoms with Gasteiger partial charge >= 0.3 is 0 Å². The lowest BCUT2D eigenvalue weighted by molar-refractivity contribution is 0.459. The Hall–Kier alpha value is -0.260. The Morgan fingerprint density at radius 3 is 2.50 bits per heavy atom. The number of hydrogen-bond acceptors (Lipinski definition) is 0. The molecule has 0 heterocycles. The first kappa shape index (κ1) is 5.87. The molecule has 8 heavy (non-hydrogen) atoms. The normalized spacial score (nSPS) is 27.6. The summed E-state index contributed by atoms with van der Waals surface area (Å²) in [5.74, 6) is 1.74. The van der Waals surface area contributed by atoms with E-state index < -0.39 is 0 Å². The molecule has 0 radical (unpaired) electrons. The van der Waals surface area contributed by atoms with Crippen molar-refractivity contribution in [2.45, 2.75) is 26.7 Å². The third kappa shape index (κ3) is 1.12. The van der Waals surface area contributed by atoms with E-state index in [0.29, 0.717) is 0 Å². The van der Waals surface area contributed by atoms with Gasteiger partial charge in [0.25, 0.3) is 0 Å². The van der Waals surface area contributed by atoms with Gasteiger partial charge in [-0.2, -0.15) is 0 Å². The highest BCUT2D eigenvalue weighted by molar-refractivity contribution is 4.96. The molecule has 1 aliphatic rings. The van der Waals surface area contributed by atoms with Crippen molar-refractivity contribution in [3.05, 3.63) is 12.2 Å². The Morgan fingerprint density at radius 1 is 1.50 bits per heavy atom. The van der Waals surface area contributed by atoms with Crippen LogP contribution in [0.25, 0.3) is 0 Å². The Labute approximate surface area is 51.6 Å². The van der Waals surface area contributed by atoms with E-state index in [0.717, 1.165) is 11.8 Å². The lowest BCUT2D eigenvalue weighted by Crippen LogP contribution is -2.00. The standard InChI is InChI=1S/C8H14/c1-7(2)8-5-3-4-6-8/h3,5,7-8H,4,6H2,1-2H3/t8-/m0/s1. The molecule has 46 valence electrons. The molecular weight excluding hydrogens is 96.1 g/mol. The predicted octanol–water partition coefficient (Wildman–Crippen LogP) is 2.61. The molecule has 1 atom stereocenters. The minimum atomic E-state index is 0.855. The van der Waals surface area contributed by atoms with Crippen LogP contribution in [0.5, 0.6) is 0 Å². The zero-order valence-electron chi connectivity index (χ0n) is 5.72. The molecule has 0 nitrogen and oxygen atoms in total. The summed E-state index contributed by atoms with van der Waals surface area (Å²) in [5, 5.41) is 0. The van der Waals surface area contributed by atoms with Crippen LogP contribution in [0.4, 0.5) is 0 Å². The van der Waals surface area contributed by atoms with E-state index in [1.165, 1.54) is 12.8 Å². The van der Waals surface area contributed by atoms with Gasteiger partial charge in [0.1, 0.15) is 0 Å². The van der Waals surface area contributed by atoms with Gasteiger partial charge in [0.05, 0.1) is 0 Å². The topological polar surface area (TPSA) is 0 Å². The van der Waals surface area contributed by atoms with E-state index in [-0.39, 0.29) is 0 Å². The molecule has 0 aromatic heterocycles. The van der Waals surface area contributed by atoms with Gasteiger partial charge in [-0.15, -0.1) is 0 Å². The second-order valence-electron chi connectivity index (χ2n) is 2.91. The summed E-state index contributed by atoms with van der Waals surface area (Å²) >= 11 is 0. The van der Waals surface area contributed by atoms with Crippen molar-refractivity contribution in [3.63, 3.8) is 0 Å². The fourth-order valence-corrected chi connectivity index (χ4v) is 1.21. The summed E-state index contributed by atoms with van der Waals surface area (Å²) in [7, 11) is 0. The second kappa shape index (κ2) is 2.34. The van der Waals surface area contributed by atoms with Crippen LogP contribution < -0.4 is 0 Å². The third-order valence-electron chi connectivity index (χ3n) is 1.91. The number of allylic oxidation sites excluding steroid dienone is 2. The van der Waals surface area contributed by atoms with Crippen LogP contribution in [-0.4, -0.2) is 0 Å². The number of hydrogen-bond donors (Lipinski definition) is 0. The highest BCUT2D eigenvalue weighted by Crippen LogP contribution is 2.23. The molecule has 0 saturated carbocycles. The Morgan fingerprint density at radius 2 is 2.25 bits per heavy atom. The van der Waals surface area contributed by atoms with Crippen LogP contribution >= 0.6 is 0 Å². The summed E-state index contributed by atoms with van der Waals surface area (Å²) < 4.78 is 0. The van der Waals surface area contributed by atoms with E-state index in [1.807, 2.05) is 0 Å². The molecule has 1 rings (SSSR count). The van der Waals surface area contributed by atoms with Gasteiger partial charge in [-0.3, -0.25) is 0 Å². The Bertz CT molecular complexity index is 90.2. The molecule has 0 saturated heterocycles. The van der Waals surface area contributed by atoms with Crippen molar-refractivity contribution in [1.82, 2.24) is 0 Å². The van der Waals surface area contributed by atoms with E-state index in [2.05, 4.69) is 26.0 Å². The molecule has 0 aromatic rings. The van der Waals surface area contributed by atoms with Gasteiger partial charge in [0.2, 0.25) is 0 Å². The Kier molecular flexibility index (Phi) is 1.72. The third-order valence-corrected chi connectivity index (χ3v) is 1.91. The minimum absolute atomic E-state index is 0.855. The molecule has 0 N–H and O–H groups in total. The molecule has 0 aliphatic heterocycles. The van der Waals surface area contributed by atoms with E-state index >= 15 is 0 Å². The summed E-state index contributed by atoms with van der Waals surface area (Å²) in [5.41, 5.74) is 0. The van der Waals surface area contributed by atoms with Crippen molar-refractivity contribution in [3.8, 4) is 0 Å². The maximum atomic E-state index is 2.35. The molecule has 0 aromatic carbocycles. The van der Waals surface area contributed by atoms with Crippen molar-refractivity contribution in [2.24, 2.45) is 11.8 Å². The summed E-state index contributed by atoms with van der Waals surface area (Å²) in [6.07, 6.45) is 7.34. The van der Waals surface area contributed by atoms with Gasteiger partial charge in [0.15, 0.2) is 0 Å². The van der Waals surface area contributed by atoms with Crippen LogP contribution in [0.3, 0.4) is 0 Å². The van der Waals surface area contributed by atoms with Gasteiger partial charge in [0, 0.05) is 0 Å². The summed E-state index contributed by atoms with van der Waals surface area (Å²) in [6, 6.07) is 0. The van der Waals surface area contributed by atoms with E-state index in [1.54, 1.807) is 0 Å². The maximum Gasteiger partial charge on any atom is -0.0207 e. The fourth-order valence-electron chi connectivity index (χ4n) is 1.21. The molecule has 1 aliphatic carbocycles. The summed E-state index contributed by atoms with van der Waals surface area (Å²) in [4.78, 5) is 0. The first-order valence-electron chi connectivity index (χ1n) is 3.47. The quantitative estimate of drug-likeness (QED) is 0.455. The van der Waals surface area contributed by atoms with Gasteiger partial charge in [-0.25, -0.2) is 0 Å². The van der Waals surface area contributed by atoms with Gasteiger partial charge < -0.3 is 0 Å². The lowest BCUT2D eigenvalue weighted by atomic mass is 9.96. The average Bonchev–Trinajstić information content (AvgIpc) is 2.12. The highest BCUT2D eigenvalue weighted by Gasteiger charge is 2.11. The van der Waals surface area contributed by atoms with E-state index in [9.17, 15) is 0 Å². The predicted molar refractivity (Wildman–Crippen MR) is 36.7 cm³/mol. The second-order valence-corrected chi connectivity index (χ2v) is 2.91. The monoisotopic (exact) mass is 110 g/mol. The van der Waals surface area contributed by atoms with Crippen LogP contribution in [0.2, 0.25) is 0 Å². The Balaban J connectivity index is 2.36. The van der Waals surface area contributed by atoms with Gasteiger partial charge in [-0.05, 0) is 24.7 Å². The van der Waals surface area contributed by atoms with Crippen molar-refractivity contribution >= 4 is 0 Å². The number of rotatable bonds is 1. The molecular formula is C8H14. The first-order chi connectivity index (χ1) is 3.80. The lowest BCUT2D eigenvalue weighted by Gasteiger charge is -2.09. The highest BCUT2D eigenvalue weighted by atomic mass is 14.2. The van der Waals surface area contributed by atoms with Crippen molar-refractivity contribution in [2.75, 3.05) is 0 Å². The maximum absolute atomic E-state index is 2.35. The van der Waals surface area contributed by atoms with Crippen molar-refractivity contribution in [1.29, 1.82) is 0 Å². The molecule has 0 unspecified atom stereocenters. The largest absolute Gasteiger partial charge is 0.0882 e. The first-order valence-corrected chi connectivity index (χ1v) is 3.47. The van der Waals surface area contributed by atoms with Gasteiger partial charge in [-0.1, -0.05) is 26.0 Å².